The van der Waals surface area contributed by atoms with Gasteiger partial charge in [0.1, 0.15) is 5.75 Å². The van der Waals surface area contributed by atoms with Gasteiger partial charge in [0.2, 0.25) is 11.6 Å². The number of rotatable bonds is 16. The molecule has 49 heavy (non-hydrogen) atoms. The van der Waals surface area contributed by atoms with Gasteiger partial charge in [-0.3, -0.25) is 4.79 Å². The zero-order valence-corrected chi connectivity index (χ0v) is 27.7. The number of carbonyl (C=O) groups excluding carboxylic acids is 1. The van der Waals surface area contributed by atoms with Crippen LogP contribution in [0.25, 0.3) is 10.4 Å². The van der Waals surface area contributed by atoms with Crippen LogP contribution in [0.15, 0.2) is 101 Å². The normalized spacial score (nSPS) is 16.5. The molecule has 1 amide bonds. The number of aliphatic hydroxyl groups excluding tert-OH is 1. The summed E-state index contributed by atoms with van der Waals surface area (Å²) in [6.07, 6.45) is -0.140. The molecule has 0 fully saturated rings. The van der Waals surface area contributed by atoms with E-state index in [0.717, 1.165) is 22.3 Å². The number of amides is 1. The zero-order valence-electron chi connectivity index (χ0n) is 27.7. The summed E-state index contributed by atoms with van der Waals surface area (Å²) in [5.74, 6) is 1.93. The van der Waals surface area contributed by atoms with Crippen molar-refractivity contribution >= 4 is 11.8 Å². The summed E-state index contributed by atoms with van der Waals surface area (Å²) < 4.78 is 28.9. The smallest absolute Gasteiger partial charge is 0.252 e. The first-order valence-electron chi connectivity index (χ1n) is 15.8. The molecule has 12 heteroatoms. The number of nitrogens with one attached hydrogen (secondary N) is 1. The third-order valence-corrected chi connectivity index (χ3v) is 8.19. The van der Waals surface area contributed by atoms with Crippen LogP contribution in [0.3, 0.4) is 0 Å². The highest BCUT2D eigenvalue weighted by molar-refractivity contribution is 6.01. The lowest BCUT2D eigenvalue weighted by atomic mass is 9.81. The Labute approximate surface area is 284 Å². The Bertz CT molecular complexity index is 1780. The van der Waals surface area contributed by atoms with Crippen molar-refractivity contribution in [1.29, 1.82) is 0 Å². The zero-order chi connectivity index (χ0) is 34.6. The Morgan fingerprint density at radius 2 is 1.63 bits per heavy atom. The Kier molecular flexibility index (Phi) is 11.6. The summed E-state index contributed by atoms with van der Waals surface area (Å²) in [5, 5.41) is 16.0. The molecule has 5 rings (SSSR count). The first kappa shape index (κ1) is 34.6. The van der Waals surface area contributed by atoms with E-state index in [-0.39, 0.29) is 32.0 Å². The van der Waals surface area contributed by atoms with Gasteiger partial charge < -0.3 is 34.1 Å². The largest absolute Gasteiger partial charge is 0.494 e. The summed E-state index contributed by atoms with van der Waals surface area (Å²) in [5.41, 5.74) is 11.3. The lowest BCUT2D eigenvalue weighted by molar-refractivity contribution is -0.129. The molecule has 2 atom stereocenters. The number of carbonyl (C=O) groups is 1. The van der Waals surface area contributed by atoms with E-state index in [9.17, 15) is 4.79 Å². The SMILES string of the molecule is COc1cc(CNC(=O)[C@]2(Cc3ccccc3CN=[N+]=[N-])N=C(c3ccc(OCCCO)cc3)O[C@@H]2c2ccccc2)cc(OC)c1OC. The van der Waals surface area contributed by atoms with E-state index < -0.39 is 11.6 Å². The van der Waals surface area contributed by atoms with Gasteiger partial charge in [0.15, 0.2) is 23.1 Å². The molecule has 12 nitrogen and oxygen atoms in total. The Balaban J connectivity index is 1.59. The monoisotopic (exact) mass is 665 g/mol. The number of azide groups is 1. The van der Waals surface area contributed by atoms with Crippen molar-refractivity contribution < 1.29 is 33.6 Å². The van der Waals surface area contributed by atoms with Crippen LogP contribution >= 0.6 is 0 Å². The van der Waals surface area contributed by atoms with Crippen molar-refractivity contribution in [2.45, 2.75) is 37.6 Å². The molecule has 254 valence electrons. The van der Waals surface area contributed by atoms with Crippen LogP contribution in [0.5, 0.6) is 23.0 Å². The van der Waals surface area contributed by atoms with Gasteiger partial charge in [-0.2, -0.15) is 0 Å². The highest BCUT2D eigenvalue weighted by Gasteiger charge is 2.53. The fourth-order valence-electron chi connectivity index (χ4n) is 5.77. The molecule has 0 aromatic heterocycles. The van der Waals surface area contributed by atoms with Gasteiger partial charge in [-0.25, -0.2) is 4.99 Å². The molecule has 0 saturated carbocycles. The minimum Gasteiger partial charge on any atom is -0.494 e. The summed E-state index contributed by atoms with van der Waals surface area (Å²) in [7, 11) is 4.60. The molecule has 0 unspecified atom stereocenters. The minimum atomic E-state index is -1.47. The van der Waals surface area contributed by atoms with E-state index in [4.69, 9.17) is 39.3 Å². The molecular weight excluding hydrogens is 626 g/mol. The van der Waals surface area contributed by atoms with E-state index in [1.165, 1.54) is 21.3 Å². The van der Waals surface area contributed by atoms with E-state index in [2.05, 4.69) is 15.3 Å². The van der Waals surface area contributed by atoms with Crippen LogP contribution in [-0.2, 0) is 29.0 Å². The van der Waals surface area contributed by atoms with Gasteiger partial charge in [0.25, 0.3) is 5.91 Å². The topological polar surface area (TPSA) is 157 Å². The van der Waals surface area contributed by atoms with Gasteiger partial charge in [0.05, 0.1) is 34.5 Å². The molecule has 1 aliphatic heterocycles. The molecule has 4 aromatic carbocycles. The fourth-order valence-corrected chi connectivity index (χ4v) is 5.77. The molecule has 0 radical (unpaired) electrons. The Hall–Kier alpha value is -5.71. The second-order valence-electron chi connectivity index (χ2n) is 11.3. The van der Waals surface area contributed by atoms with Gasteiger partial charge in [0, 0.05) is 36.5 Å². The van der Waals surface area contributed by atoms with E-state index in [0.29, 0.717) is 47.5 Å². The van der Waals surface area contributed by atoms with Crippen LogP contribution in [0.2, 0.25) is 0 Å². The van der Waals surface area contributed by atoms with E-state index >= 15 is 0 Å². The number of aliphatic hydroxyl groups is 1. The molecule has 0 aliphatic carbocycles. The van der Waals surface area contributed by atoms with Crippen LogP contribution in [-0.4, -0.2) is 57.0 Å². The van der Waals surface area contributed by atoms with Crippen molar-refractivity contribution in [1.82, 2.24) is 5.32 Å². The number of benzene rings is 4. The number of nitrogens with zero attached hydrogens (tertiary/aromatic N) is 4. The van der Waals surface area contributed by atoms with Crippen molar-refractivity contribution in [2.24, 2.45) is 10.1 Å². The maximum Gasteiger partial charge on any atom is 0.252 e. The molecule has 0 bridgehead atoms. The van der Waals surface area contributed by atoms with Crippen LogP contribution in [0.1, 0.15) is 40.3 Å². The number of ether oxygens (including phenoxy) is 5. The predicted octanol–water partition coefficient (Wildman–Crippen LogP) is 6.10. The molecule has 0 saturated heterocycles. The van der Waals surface area contributed by atoms with E-state index in [1.807, 2.05) is 66.7 Å². The highest BCUT2D eigenvalue weighted by atomic mass is 16.5. The van der Waals surface area contributed by atoms with Gasteiger partial charge in [-0.05, 0) is 64.2 Å². The third kappa shape index (κ3) is 7.89. The van der Waals surface area contributed by atoms with Crippen molar-refractivity contribution in [2.75, 3.05) is 34.5 Å². The number of methoxy groups -OCH3 is 3. The standard InChI is InChI=1S/C37H39N5O7/c1-45-31-20-25(21-32(46-2)33(31)47-3)23-39-36(44)37(22-28-12-7-8-13-29(28)24-40-42-38)34(26-10-5-4-6-11-26)49-35(41-37)27-14-16-30(17-15-27)48-19-9-18-43/h4-8,10-17,20-21,34,43H,9,18-19,22-24H2,1-3H3,(H,39,44)/t34-,37-/m1/s1. The second kappa shape index (κ2) is 16.4. The molecule has 4 aromatic rings. The van der Waals surface area contributed by atoms with Crippen molar-refractivity contribution in [3.8, 4) is 23.0 Å². The molecule has 0 spiro atoms. The first-order valence-corrected chi connectivity index (χ1v) is 15.8. The fraction of sp³-hybridized carbons (Fsp3) is 0.297. The average molecular weight is 666 g/mol. The number of hydrogen-bond donors (Lipinski definition) is 2. The third-order valence-electron chi connectivity index (χ3n) is 8.19. The average Bonchev–Trinajstić information content (AvgIpc) is 3.54. The molecular formula is C37H39N5O7. The van der Waals surface area contributed by atoms with Crippen LogP contribution in [0.4, 0.5) is 0 Å². The molecule has 2 N–H and O–H groups in total. The van der Waals surface area contributed by atoms with Crippen molar-refractivity contribution in [3.05, 3.63) is 129 Å². The Morgan fingerprint density at radius 1 is 0.959 bits per heavy atom. The summed E-state index contributed by atoms with van der Waals surface area (Å²) in [6.45, 7) is 0.665. The predicted molar refractivity (Wildman–Crippen MR) is 184 cm³/mol. The quantitative estimate of drug-likeness (QED) is 0.0634. The van der Waals surface area contributed by atoms with E-state index in [1.54, 1.807) is 24.3 Å². The second-order valence-corrected chi connectivity index (χ2v) is 11.3. The maximum absolute atomic E-state index is 14.8. The number of aliphatic imine (C=N–C) groups is 1. The maximum atomic E-state index is 14.8. The lowest BCUT2D eigenvalue weighted by Crippen LogP contribution is -2.49. The van der Waals surface area contributed by atoms with Gasteiger partial charge in [-0.15, -0.1) is 0 Å². The van der Waals surface area contributed by atoms with Crippen molar-refractivity contribution in [3.63, 3.8) is 0 Å². The van der Waals surface area contributed by atoms with Gasteiger partial charge in [-0.1, -0.05) is 59.7 Å². The van der Waals surface area contributed by atoms with Gasteiger partial charge >= 0.3 is 0 Å². The highest BCUT2D eigenvalue weighted by Crippen LogP contribution is 2.43. The summed E-state index contributed by atoms with van der Waals surface area (Å²) >= 11 is 0. The summed E-state index contributed by atoms with van der Waals surface area (Å²) in [6, 6.07) is 27.8. The minimum absolute atomic E-state index is 0.0410. The molecule has 1 heterocycles. The Morgan fingerprint density at radius 3 is 2.27 bits per heavy atom. The summed E-state index contributed by atoms with van der Waals surface area (Å²) in [4.78, 5) is 22.8. The van der Waals surface area contributed by atoms with Crippen LogP contribution < -0.4 is 24.3 Å². The first-order chi connectivity index (χ1) is 24.0. The molecule has 1 aliphatic rings. The van der Waals surface area contributed by atoms with Crippen LogP contribution in [0, 0.1) is 0 Å². The lowest BCUT2D eigenvalue weighted by Gasteiger charge is -2.31. The number of hydrogen-bond acceptors (Lipinski definition) is 9.